The summed E-state index contributed by atoms with van der Waals surface area (Å²) in [6.45, 7) is 5.14. The Morgan fingerprint density at radius 3 is 2.68 bits per heavy atom. The van der Waals surface area contributed by atoms with Crippen LogP contribution in [0.25, 0.3) is 5.69 Å². The first-order valence-electron chi connectivity index (χ1n) is 9.52. The number of rotatable bonds is 4. The van der Waals surface area contributed by atoms with Gasteiger partial charge in [-0.15, -0.1) is 11.8 Å². The fourth-order valence-electron chi connectivity index (χ4n) is 3.56. The Morgan fingerprint density at radius 1 is 1.11 bits per heavy atom. The van der Waals surface area contributed by atoms with Crippen LogP contribution < -0.4 is 10.2 Å². The molecule has 0 unspecified atom stereocenters. The van der Waals surface area contributed by atoms with E-state index in [0.29, 0.717) is 6.54 Å². The molecule has 3 aromatic rings. The third-order valence-corrected chi connectivity index (χ3v) is 6.08. The smallest absolute Gasteiger partial charge is 0.243 e. The molecule has 0 aliphatic carbocycles. The first-order chi connectivity index (χ1) is 13.6. The molecule has 2 aromatic carbocycles. The Morgan fingerprint density at radius 2 is 1.86 bits per heavy atom. The molecule has 0 fully saturated rings. The number of carbonyl (C=O) groups excluding carboxylic acids is 1. The van der Waals surface area contributed by atoms with Crippen molar-refractivity contribution in [3.8, 4) is 5.69 Å². The van der Waals surface area contributed by atoms with Crippen molar-refractivity contribution in [2.24, 2.45) is 0 Å². The predicted octanol–water partition coefficient (Wildman–Crippen LogP) is 4.43. The fraction of sp³-hybridized carbons (Fsp3) is 0.273. The lowest BCUT2D eigenvalue weighted by Gasteiger charge is -2.23. The van der Waals surface area contributed by atoms with Gasteiger partial charge in [0.1, 0.15) is 0 Å². The molecular formula is C22H24N4OS. The average molecular weight is 393 g/mol. The Bertz CT molecular complexity index is 983. The van der Waals surface area contributed by atoms with Crippen LogP contribution in [0.2, 0.25) is 0 Å². The van der Waals surface area contributed by atoms with Gasteiger partial charge < -0.3 is 10.2 Å². The van der Waals surface area contributed by atoms with Crippen LogP contribution in [0.5, 0.6) is 0 Å². The van der Waals surface area contributed by atoms with Crippen molar-refractivity contribution in [2.75, 3.05) is 29.1 Å². The first-order valence-corrected chi connectivity index (χ1v) is 10.5. The molecule has 0 atom stereocenters. The minimum Gasteiger partial charge on any atom is -0.361 e. The monoisotopic (exact) mass is 392 g/mol. The molecule has 4 rings (SSSR count). The van der Waals surface area contributed by atoms with E-state index in [-0.39, 0.29) is 5.91 Å². The molecule has 28 heavy (non-hydrogen) atoms. The van der Waals surface area contributed by atoms with Crippen LogP contribution in [0.4, 0.5) is 11.4 Å². The van der Waals surface area contributed by atoms with E-state index >= 15 is 0 Å². The zero-order valence-electron chi connectivity index (χ0n) is 16.2. The maximum Gasteiger partial charge on any atom is 0.243 e. The van der Waals surface area contributed by atoms with Gasteiger partial charge in [0.15, 0.2) is 0 Å². The van der Waals surface area contributed by atoms with Gasteiger partial charge in [-0.2, -0.15) is 5.10 Å². The number of para-hydroxylation sites is 2. The van der Waals surface area contributed by atoms with Gasteiger partial charge >= 0.3 is 0 Å². The average Bonchev–Trinajstić information content (AvgIpc) is 2.88. The Balaban J connectivity index is 1.53. The second-order valence-corrected chi connectivity index (χ2v) is 8.07. The third kappa shape index (κ3) is 3.78. The van der Waals surface area contributed by atoms with E-state index in [4.69, 9.17) is 0 Å². The van der Waals surface area contributed by atoms with Gasteiger partial charge in [-0.25, -0.2) is 4.68 Å². The van der Waals surface area contributed by atoms with Crippen LogP contribution in [-0.4, -0.2) is 34.5 Å². The number of aromatic nitrogens is 2. The molecule has 1 amide bonds. The fourth-order valence-corrected chi connectivity index (χ4v) is 4.57. The zero-order chi connectivity index (χ0) is 19.5. The van der Waals surface area contributed by atoms with E-state index in [1.54, 1.807) is 0 Å². The predicted molar refractivity (Wildman–Crippen MR) is 116 cm³/mol. The van der Waals surface area contributed by atoms with E-state index in [2.05, 4.69) is 33.5 Å². The van der Waals surface area contributed by atoms with E-state index in [1.165, 1.54) is 4.90 Å². The highest BCUT2D eigenvalue weighted by atomic mass is 32.2. The standard InChI is InChI=1S/C22H24N4OS/c1-16-22(17(2)26(24-16)18-9-4-3-5-10-18)23-21(27)15-25-13-8-14-28-20-12-7-6-11-19(20)25/h3-7,9-12H,8,13-15H2,1-2H3,(H,23,27). The molecule has 144 valence electrons. The van der Waals surface area contributed by atoms with Gasteiger partial charge in [0, 0.05) is 11.4 Å². The van der Waals surface area contributed by atoms with E-state index in [9.17, 15) is 4.79 Å². The molecule has 0 radical (unpaired) electrons. The molecule has 0 saturated carbocycles. The molecule has 1 aromatic heterocycles. The van der Waals surface area contributed by atoms with Crippen LogP contribution in [0.1, 0.15) is 17.8 Å². The van der Waals surface area contributed by atoms with Crippen LogP contribution in [-0.2, 0) is 4.79 Å². The maximum atomic E-state index is 12.9. The third-order valence-electron chi connectivity index (χ3n) is 4.93. The number of nitrogens with zero attached hydrogens (tertiary/aromatic N) is 3. The number of anilines is 2. The highest BCUT2D eigenvalue weighted by Gasteiger charge is 2.20. The largest absolute Gasteiger partial charge is 0.361 e. The normalized spacial score (nSPS) is 13.7. The number of benzene rings is 2. The summed E-state index contributed by atoms with van der Waals surface area (Å²) in [7, 11) is 0. The number of aryl methyl sites for hydroxylation is 1. The lowest BCUT2D eigenvalue weighted by atomic mass is 10.2. The van der Waals surface area contributed by atoms with Crippen molar-refractivity contribution in [1.82, 2.24) is 9.78 Å². The molecule has 6 heteroatoms. The van der Waals surface area contributed by atoms with E-state index < -0.39 is 0 Å². The topological polar surface area (TPSA) is 50.2 Å². The number of fused-ring (bicyclic) bond motifs is 1. The summed E-state index contributed by atoms with van der Waals surface area (Å²) < 4.78 is 1.88. The molecular weight excluding hydrogens is 368 g/mol. The van der Waals surface area contributed by atoms with Gasteiger partial charge in [-0.1, -0.05) is 30.3 Å². The Hall–Kier alpha value is -2.73. The number of nitrogens with one attached hydrogen (secondary N) is 1. The first kappa shape index (κ1) is 18.6. The van der Waals surface area contributed by atoms with Crippen LogP contribution in [0.3, 0.4) is 0 Å². The molecule has 2 heterocycles. The molecule has 5 nitrogen and oxygen atoms in total. The number of thioether (sulfide) groups is 1. The Labute approximate surface area is 169 Å². The number of amides is 1. The quantitative estimate of drug-likeness (QED) is 0.714. The zero-order valence-corrected chi connectivity index (χ0v) is 17.0. The maximum absolute atomic E-state index is 12.9. The summed E-state index contributed by atoms with van der Waals surface area (Å²) in [5.74, 6) is 1.07. The summed E-state index contributed by atoms with van der Waals surface area (Å²) in [5.41, 5.74) is 4.69. The van der Waals surface area contributed by atoms with Gasteiger partial charge in [-0.3, -0.25) is 4.79 Å². The lowest BCUT2D eigenvalue weighted by Crippen LogP contribution is -2.34. The highest BCUT2D eigenvalue weighted by molar-refractivity contribution is 7.99. The molecule has 1 aliphatic heterocycles. The second-order valence-electron chi connectivity index (χ2n) is 6.93. The summed E-state index contributed by atoms with van der Waals surface area (Å²) in [6.07, 6.45) is 1.07. The minimum atomic E-state index is -0.0134. The van der Waals surface area contributed by atoms with Crippen molar-refractivity contribution in [1.29, 1.82) is 0 Å². The summed E-state index contributed by atoms with van der Waals surface area (Å²) in [5, 5.41) is 7.71. The van der Waals surface area contributed by atoms with E-state index in [0.717, 1.165) is 47.2 Å². The lowest BCUT2D eigenvalue weighted by molar-refractivity contribution is -0.115. The number of carbonyl (C=O) groups is 1. The van der Waals surface area contributed by atoms with Crippen molar-refractivity contribution in [2.45, 2.75) is 25.2 Å². The van der Waals surface area contributed by atoms with Crippen molar-refractivity contribution in [3.63, 3.8) is 0 Å². The van der Waals surface area contributed by atoms with Gasteiger partial charge in [-0.05, 0) is 50.3 Å². The van der Waals surface area contributed by atoms with Gasteiger partial charge in [0.05, 0.1) is 35.0 Å². The highest BCUT2D eigenvalue weighted by Crippen LogP contribution is 2.33. The SMILES string of the molecule is Cc1nn(-c2ccccc2)c(C)c1NC(=O)CN1CCCSc2ccccc21. The van der Waals surface area contributed by atoms with Gasteiger partial charge in [0.25, 0.3) is 0 Å². The van der Waals surface area contributed by atoms with E-state index in [1.807, 2.05) is 66.7 Å². The number of hydrogen-bond acceptors (Lipinski definition) is 4. The van der Waals surface area contributed by atoms with Crippen molar-refractivity contribution < 1.29 is 4.79 Å². The van der Waals surface area contributed by atoms with Crippen molar-refractivity contribution in [3.05, 3.63) is 66.0 Å². The summed E-state index contributed by atoms with van der Waals surface area (Å²) in [4.78, 5) is 16.3. The molecule has 1 aliphatic rings. The molecule has 0 saturated heterocycles. The Kier molecular flexibility index (Phi) is 5.39. The molecule has 1 N–H and O–H groups in total. The molecule has 0 spiro atoms. The van der Waals surface area contributed by atoms with Crippen LogP contribution in [0, 0.1) is 13.8 Å². The molecule has 0 bridgehead atoms. The van der Waals surface area contributed by atoms with Crippen LogP contribution >= 0.6 is 11.8 Å². The second kappa shape index (κ2) is 8.10. The summed E-state index contributed by atoms with van der Waals surface area (Å²) >= 11 is 1.86. The van der Waals surface area contributed by atoms with Gasteiger partial charge in [0.2, 0.25) is 5.91 Å². The van der Waals surface area contributed by atoms with Crippen LogP contribution in [0.15, 0.2) is 59.5 Å². The van der Waals surface area contributed by atoms with Crippen molar-refractivity contribution >= 4 is 29.0 Å². The summed E-state index contributed by atoms with van der Waals surface area (Å²) in [6, 6.07) is 18.3. The minimum absolute atomic E-state index is 0.0134. The number of hydrogen-bond donors (Lipinski definition) is 1.